The highest BCUT2D eigenvalue weighted by Crippen LogP contribution is 2.26. The van der Waals surface area contributed by atoms with Crippen molar-refractivity contribution in [2.45, 2.75) is 12.5 Å². The summed E-state index contributed by atoms with van der Waals surface area (Å²) in [6.45, 7) is 1.02. The van der Waals surface area contributed by atoms with Crippen LogP contribution >= 0.6 is 0 Å². The topological polar surface area (TPSA) is 67.4 Å². The normalized spacial score (nSPS) is 13.0. The molecule has 0 aromatic heterocycles. The van der Waals surface area contributed by atoms with Gasteiger partial charge in [-0.05, 0) is 37.3 Å². The standard InChI is InChI=1S/C18H18F2N2O3/c1-18(17(24)25-2,14-10-12(19)8-9-15(14)20)21-11-16(23)22-13-6-4-3-5-7-13/h3-10,21H,11H2,1-2H3,(H,22,23)/t18-/m1/s1. The first kappa shape index (κ1) is 18.5. The summed E-state index contributed by atoms with van der Waals surface area (Å²) in [5.74, 6) is -2.78. The highest BCUT2D eigenvalue weighted by molar-refractivity contribution is 5.93. The molecule has 2 aromatic carbocycles. The molecule has 0 bridgehead atoms. The van der Waals surface area contributed by atoms with Gasteiger partial charge in [0, 0.05) is 11.3 Å². The van der Waals surface area contributed by atoms with Gasteiger partial charge in [0.15, 0.2) is 0 Å². The molecule has 7 heteroatoms. The van der Waals surface area contributed by atoms with Crippen LogP contribution in [-0.2, 0) is 19.9 Å². The summed E-state index contributed by atoms with van der Waals surface area (Å²) >= 11 is 0. The van der Waals surface area contributed by atoms with Gasteiger partial charge in [-0.25, -0.2) is 13.6 Å². The lowest BCUT2D eigenvalue weighted by molar-refractivity contribution is -0.148. The van der Waals surface area contributed by atoms with Crippen molar-refractivity contribution in [1.82, 2.24) is 5.32 Å². The molecule has 132 valence electrons. The Morgan fingerprint density at radius 2 is 1.80 bits per heavy atom. The third kappa shape index (κ3) is 4.39. The Hall–Kier alpha value is -2.80. The molecule has 1 atom stereocenters. The van der Waals surface area contributed by atoms with Crippen LogP contribution in [0.15, 0.2) is 48.5 Å². The summed E-state index contributed by atoms with van der Waals surface area (Å²) in [5.41, 5.74) is -1.40. The van der Waals surface area contributed by atoms with Gasteiger partial charge in [-0.3, -0.25) is 10.1 Å². The number of anilines is 1. The predicted octanol–water partition coefficient (Wildman–Crippen LogP) is 2.58. The smallest absolute Gasteiger partial charge is 0.330 e. The van der Waals surface area contributed by atoms with Crippen LogP contribution in [0.4, 0.5) is 14.5 Å². The summed E-state index contributed by atoms with van der Waals surface area (Å²) < 4.78 is 32.3. The molecule has 0 spiro atoms. The first-order chi connectivity index (χ1) is 11.9. The Morgan fingerprint density at radius 3 is 2.44 bits per heavy atom. The first-order valence-electron chi connectivity index (χ1n) is 7.50. The van der Waals surface area contributed by atoms with Crippen molar-refractivity contribution >= 4 is 17.6 Å². The fourth-order valence-corrected chi connectivity index (χ4v) is 2.35. The van der Waals surface area contributed by atoms with Gasteiger partial charge in [0.2, 0.25) is 5.91 Å². The lowest BCUT2D eigenvalue weighted by atomic mass is 9.91. The van der Waals surface area contributed by atoms with Crippen LogP contribution in [0.5, 0.6) is 0 Å². The van der Waals surface area contributed by atoms with Gasteiger partial charge in [0.1, 0.15) is 17.2 Å². The van der Waals surface area contributed by atoms with Gasteiger partial charge in [0.25, 0.3) is 0 Å². The van der Waals surface area contributed by atoms with Crippen LogP contribution in [-0.4, -0.2) is 25.5 Å². The fourth-order valence-electron chi connectivity index (χ4n) is 2.35. The zero-order chi connectivity index (χ0) is 18.4. The Bertz CT molecular complexity index is 768. The average molecular weight is 348 g/mol. The van der Waals surface area contributed by atoms with E-state index in [0.29, 0.717) is 5.69 Å². The molecule has 0 saturated heterocycles. The Labute approximate surface area is 144 Å². The lowest BCUT2D eigenvalue weighted by Gasteiger charge is -2.28. The number of para-hydroxylation sites is 1. The SMILES string of the molecule is COC(=O)[C@](C)(NCC(=O)Nc1ccccc1)c1cc(F)ccc1F. The molecule has 0 aliphatic carbocycles. The highest BCUT2D eigenvalue weighted by atomic mass is 19.1. The van der Waals surface area contributed by atoms with Gasteiger partial charge in [-0.15, -0.1) is 0 Å². The first-order valence-corrected chi connectivity index (χ1v) is 7.50. The third-order valence-corrected chi connectivity index (χ3v) is 3.72. The minimum absolute atomic E-state index is 0.244. The van der Waals surface area contributed by atoms with Gasteiger partial charge < -0.3 is 10.1 Å². The second kappa shape index (κ2) is 7.85. The molecule has 0 fully saturated rings. The van der Waals surface area contributed by atoms with Gasteiger partial charge in [0.05, 0.1) is 13.7 Å². The van der Waals surface area contributed by atoms with E-state index >= 15 is 0 Å². The Morgan fingerprint density at radius 1 is 1.12 bits per heavy atom. The molecular weight excluding hydrogens is 330 g/mol. The zero-order valence-electron chi connectivity index (χ0n) is 13.8. The number of hydrogen-bond donors (Lipinski definition) is 2. The van der Waals surface area contributed by atoms with Crippen LogP contribution in [0.25, 0.3) is 0 Å². The summed E-state index contributed by atoms with van der Waals surface area (Å²) in [6.07, 6.45) is 0. The van der Waals surface area contributed by atoms with E-state index in [-0.39, 0.29) is 12.1 Å². The molecular formula is C18H18F2N2O3. The highest BCUT2D eigenvalue weighted by Gasteiger charge is 2.39. The largest absolute Gasteiger partial charge is 0.467 e. The maximum absolute atomic E-state index is 14.1. The Kier molecular flexibility index (Phi) is 5.82. The number of halogens is 2. The van der Waals surface area contributed by atoms with Crippen molar-refractivity contribution < 1.29 is 23.1 Å². The van der Waals surface area contributed by atoms with E-state index in [9.17, 15) is 18.4 Å². The van der Waals surface area contributed by atoms with E-state index in [1.54, 1.807) is 30.3 Å². The summed E-state index contributed by atoms with van der Waals surface area (Å²) in [7, 11) is 1.13. The molecule has 0 aliphatic rings. The van der Waals surface area contributed by atoms with Crippen LogP contribution in [0.1, 0.15) is 12.5 Å². The Balaban J connectivity index is 2.19. The molecule has 0 saturated carbocycles. The quantitative estimate of drug-likeness (QED) is 0.788. The number of benzene rings is 2. The van der Waals surface area contributed by atoms with Gasteiger partial charge in [-0.1, -0.05) is 18.2 Å². The second-order valence-corrected chi connectivity index (χ2v) is 5.51. The van der Waals surface area contributed by atoms with Crippen molar-refractivity contribution in [1.29, 1.82) is 0 Å². The minimum atomic E-state index is -1.73. The van der Waals surface area contributed by atoms with Crippen molar-refractivity contribution in [2.75, 3.05) is 19.0 Å². The third-order valence-electron chi connectivity index (χ3n) is 3.72. The molecule has 2 rings (SSSR count). The fraction of sp³-hybridized carbons (Fsp3) is 0.222. The van der Waals surface area contributed by atoms with Crippen LogP contribution in [0, 0.1) is 11.6 Å². The molecule has 0 heterocycles. The predicted molar refractivity (Wildman–Crippen MR) is 88.8 cm³/mol. The number of methoxy groups -OCH3 is 1. The van der Waals surface area contributed by atoms with E-state index in [2.05, 4.69) is 10.6 Å². The van der Waals surface area contributed by atoms with E-state index in [0.717, 1.165) is 25.3 Å². The molecule has 25 heavy (non-hydrogen) atoms. The number of esters is 1. The molecule has 0 unspecified atom stereocenters. The number of ether oxygens (including phenoxy) is 1. The molecule has 1 amide bonds. The number of carbonyl (C=O) groups is 2. The molecule has 5 nitrogen and oxygen atoms in total. The minimum Gasteiger partial charge on any atom is -0.467 e. The number of hydrogen-bond acceptors (Lipinski definition) is 4. The van der Waals surface area contributed by atoms with Crippen LogP contribution in [0.3, 0.4) is 0 Å². The van der Waals surface area contributed by atoms with E-state index in [4.69, 9.17) is 4.74 Å². The maximum Gasteiger partial charge on any atom is 0.330 e. The maximum atomic E-state index is 14.1. The van der Waals surface area contributed by atoms with Crippen molar-refractivity contribution in [2.24, 2.45) is 0 Å². The van der Waals surface area contributed by atoms with Crippen LogP contribution in [0.2, 0.25) is 0 Å². The summed E-state index contributed by atoms with van der Waals surface area (Å²) in [4.78, 5) is 24.2. The monoisotopic (exact) mass is 348 g/mol. The van der Waals surface area contributed by atoms with Gasteiger partial charge in [-0.2, -0.15) is 0 Å². The second-order valence-electron chi connectivity index (χ2n) is 5.51. The summed E-state index contributed by atoms with van der Waals surface area (Å²) in [6, 6.07) is 11.5. The van der Waals surface area contributed by atoms with E-state index in [1.165, 1.54) is 6.92 Å². The molecule has 2 N–H and O–H groups in total. The molecule has 2 aromatic rings. The van der Waals surface area contributed by atoms with E-state index in [1.807, 2.05) is 0 Å². The number of rotatable bonds is 6. The van der Waals surface area contributed by atoms with E-state index < -0.39 is 29.0 Å². The summed E-state index contributed by atoms with van der Waals surface area (Å²) in [5, 5.41) is 5.29. The molecule has 0 radical (unpaired) electrons. The zero-order valence-corrected chi connectivity index (χ0v) is 13.8. The average Bonchev–Trinajstić information content (AvgIpc) is 2.61. The number of carbonyl (C=O) groups excluding carboxylic acids is 2. The van der Waals surface area contributed by atoms with Crippen LogP contribution < -0.4 is 10.6 Å². The number of amides is 1. The van der Waals surface area contributed by atoms with Crippen molar-refractivity contribution in [3.8, 4) is 0 Å². The van der Waals surface area contributed by atoms with Crippen molar-refractivity contribution in [3.63, 3.8) is 0 Å². The molecule has 0 aliphatic heterocycles. The van der Waals surface area contributed by atoms with Gasteiger partial charge >= 0.3 is 5.97 Å². The lowest BCUT2D eigenvalue weighted by Crippen LogP contribution is -2.50. The number of nitrogens with one attached hydrogen (secondary N) is 2. The van der Waals surface area contributed by atoms with Crippen molar-refractivity contribution in [3.05, 3.63) is 65.7 Å².